The number of hydrogen-bond acceptors (Lipinski definition) is 5. The Labute approximate surface area is 167 Å². The molecule has 1 heterocycles. The lowest BCUT2D eigenvalue weighted by Gasteiger charge is -2.25. The molecular weight excluding hydrogens is 354 g/mol. The Hall–Kier alpha value is -2.97. The largest absolute Gasteiger partial charge is 0.485 e. The molecule has 148 valence electrons. The topological polar surface area (TPSA) is 56.8 Å². The van der Waals surface area contributed by atoms with Gasteiger partial charge in [0.15, 0.2) is 11.5 Å². The molecule has 0 aromatic heterocycles. The Bertz CT molecular complexity index is 773. The molecule has 28 heavy (non-hydrogen) atoms. The third-order valence-corrected chi connectivity index (χ3v) is 4.42. The number of carbonyl (C=O) groups excluding carboxylic acids is 1. The number of esters is 1. The predicted octanol–water partition coefficient (Wildman–Crippen LogP) is 3.01. The molecule has 1 N–H and O–H groups in total. The zero-order chi connectivity index (χ0) is 20.4. The van der Waals surface area contributed by atoms with Crippen LogP contribution in [0.5, 0.6) is 11.5 Å². The van der Waals surface area contributed by atoms with E-state index in [4.69, 9.17) is 14.2 Å². The summed E-state index contributed by atoms with van der Waals surface area (Å²) in [5.74, 6) is 0.843. The van der Waals surface area contributed by atoms with E-state index >= 15 is 0 Å². The molecule has 2 aromatic rings. The fourth-order valence-corrected chi connectivity index (χ4v) is 3.02. The molecule has 2 unspecified atom stereocenters. The van der Waals surface area contributed by atoms with Crippen molar-refractivity contribution >= 4 is 5.97 Å². The van der Waals surface area contributed by atoms with Gasteiger partial charge in [0, 0.05) is 6.04 Å². The Morgan fingerprint density at radius 3 is 2.64 bits per heavy atom. The van der Waals surface area contributed by atoms with E-state index in [0.29, 0.717) is 17.5 Å². The lowest BCUT2D eigenvalue weighted by molar-refractivity contribution is -0.151. The van der Waals surface area contributed by atoms with Crippen molar-refractivity contribution in [2.24, 2.45) is 0 Å². The fraction of sp³-hybridized carbons (Fsp3) is 0.348. The molecule has 5 nitrogen and oxygen atoms in total. The Balaban J connectivity index is 0.00000136. The lowest BCUT2D eigenvalue weighted by atomic mass is 10.1. The lowest BCUT2D eigenvalue weighted by Crippen LogP contribution is -2.37. The minimum Gasteiger partial charge on any atom is -0.485 e. The normalized spacial score (nSPS) is 15.6. The van der Waals surface area contributed by atoms with E-state index in [1.807, 2.05) is 24.3 Å². The second-order valence-electron chi connectivity index (χ2n) is 6.52. The number of carbonyl (C=O) groups is 1. The predicted molar refractivity (Wildman–Crippen MR) is 110 cm³/mol. The number of nitrogens with one attached hydrogen (secondary N) is 1. The van der Waals surface area contributed by atoms with Gasteiger partial charge < -0.3 is 19.5 Å². The van der Waals surface area contributed by atoms with Gasteiger partial charge in [-0.2, -0.15) is 0 Å². The van der Waals surface area contributed by atoms with E-state index in [0.717, 1.165) is 19.4 Å². The Kier molecular flexibility index (Phi) is 8.38. The average Bonchev–Trinajstić information content (AvgIpc) is 2.75. The number of rotatable bonds is 7. The molecule has 0 fully saturated rings. The molecule has 2 aromatic carbocycles. The van der Waals surface area contributed by atoms with E-state index in [-0.39, 0.29) is 6.61 Å². The minimum atomic E-state index is -0.697. The standard InChI is InChI=1S/C21H25NO4.C2H2/c1-15(22-11-10-16-6-4-3-5-7-16)12-17-8-9-18-19(13-17)25-14-20(26-18)21(23)24-2;1-2/h3-9,13,15,20,22H,10-12,14H2,1-2H3;1-2H. The SMILES string of the molecule is C#C.COC(=O)C1COc2cc(CC(C)NCCc3ccccc3)ccc2O1. The van der Waals surface area contributed by atoms with Crippen molar-refractivity contribution in [3.8, 4) is 24.3 Å². The molecule has 0 spiro atoms. The molecular formula is C23H27NO4. The van der Waals surface area contributed by atoms with Crippen LogP contribution in [0.2, 0.25) is 0 Å². The first kappa shape index (κ1) is 21.3. The summed E-state index contributed by atoms with van der Waals surface area (Å²) < 4.78 is 16.0. The number of benzene rings is 2. The molecule has 5 heteroatoms. The highest BCUT2D eigenvalue weighted by atomic mass is 16.6. The van der Waals surface area contributed by atoms with Crippen LogP contribution in [0.4, 0.5) is 0 Å². The van der Waals surface area contributed by atoms with Crippen molar-refractivity contribution in [1.29, 1.82) is 0 Å². The van der Waals surface area contributed by atoms with Crippen LogP contribution in [0.3, 0.4) is 0 Å². The first-order valence-corrected chi connectivity index (χ1v) is 9.26. The van der Waals surface area contributed by atoms with Gasteiger partial charge in [0.2, 0.25) is 6.10 Å². The minimum absolute atomic E-state index is 0.175. The molecule has 0 bridgehead atoms. The quantitative estimate of drug-likeness (QED) is 0.590. The van der Waals surface area contributed by atoms with Gasteiger partial charge in [-0.1, -0.05) is 36.4 Å². The molecule has 0 aliphatic carbocycles. The van der Waals surface area contributed by atoms with Crippen LogP contribution in [0, 0.1) is 12.8 Å². The van der Waals surface area contributed by atoms with Crippen LogP contribution < -0.4 is 14.8 Å². The van der Waals surface area contributed by atoms with Gasteiger partial charge in [-0.15, -0.1) is 12.8 Å². The van der Waals surface area contributed by atoms with Crippen LogP contribution in [-0.4, -0.2) is 38.4 Å². The summed E-state index contributed by atoms with van der Waals surface area (Å²) >= 11 is 0. The summed E-state index contributed by atoms with van der Waals surface area (Å²) in [5, 5.41) is 3.56. The second kappa shape index (κ2) is 11.0. The first-order valence-electron chi connectivity index (χ1n) is 9.26. The van der Waals surface area contributed by atoms with Crippen molar-refractivity contribution in [2.45, 2.75) is 31.9 Å². The van der Waals surface area contributed by atoms with Crippen molar-refractivity contribution in [3.63, 3.8) is 0 Å². The average molecular weight is 381 g/mol. The second-order valence-corrected chi connectivity index (χ2v) is 6.52. The molecule has 0 radical (unpaired) electrons. The van der Waals surface area contributed by atoms with Crippen LogP contribution in [-0.2, 0) is 22.4 Å². The Morgan fingerprint density at radius 1 is 1.18 bits per heavy atom. The molecule has 3 rings (SSSR count). The van der Waals surface area contributed by atoms with E-state index in [2.05, 4.69) is 49.4 Å². The van der Waals surface area contributed by atoms with E-state index < -0.39 is 12.1 Å². The van der Waals surface area contributed by atoms with Gasteiger partial charge >= 0.3 is 5.97 Å². The molecule has 0 saturated heterocycles. The Morgan fingerprint density at radius 2 is 1.93 bits per heavy atom. The van der Waals surface area contributed by atoms with E-state index in [9.17, 15) is 4.79 Å². The smallest absolute Gasteiger partial charge is 0.350 e. The summed E-state index contributed by atoms with van der Waals surface area (Å²) in [6.45, 7) is 3.29. The van der Waals surface area contributed by atoms with Gasteiger partial charge in [0.25, 0.3) is 0 Å². The monoisotopic (exact) mass is 381 g/mol. The maximum Gasteiger partial charge on any atom is 0.350 e. The first-order chi connectivity index (χ1) is 13.7. The van der Waals surface area contributed by atoms with Crippen LogP contribution in [0.25, 0.3) is 0 Å². The zero-order valence-electron chi connectivity index (χ0n) is 16.4. The number of terminal acetylenes is 1. The summed E-state index contributed by atoms with van der Waals surface area (Å²) in [5.41, 5.74) is 2.51. The third-order valence-electron chi connectivity index (χ3n) is 4.42. The molecule has 1 aliphatic heterocycles. The van der Waals surface area contributed by atoms with Gasteiger partial charge in [-0.05, 0) is 49.6 Å². The van der Waals surface area contributed by atoms with Gasteiger partial charge in [-0.25, -0.2) is 4.79 Å². The van der Waals surface area contributed by atoms with Gasteiger partial charge in [0.05, 0.1) is 7.11 Å². The number of ether oxygens (including phenoxy) is 3. The van der Waals surface area contributed by atoms with Crippen LogP contribution >= 0.6 is 0 Å². The van der Waals surface area contributed by atoms with Gasteiger partial charge in [-0.3, -0.25) is 0 Å². The molecule has 1 aliphatic rings. The van der Waals surface area contributed by atoms with Crippen LogP contribution in [0.15, 0.2) is 48.5 Å². The molecule has 0 amide bonds. The maximum atomic E-state index is 11.6. The number of hydrogen-bond donors (Lipinski definition) is 1. The third kappa shape index (κ3) is 6.04. The number of methoxy groups -OCH3 is 1. The van der Waals surface area contributed by atoms with Gasteiger partial charge in [0.1, 0.15) is 6.61 Å². The highest BCUT2D eigenvalue weighted by molar-refractivity contribution is 5.75. The van der Waals surface area contributed by atoms with E-state index in [1.54, 1.807) is 0 Å². The highest BCUT2D eigenvalue weighted by Crippen LogP contribution is 2.33. The fourth-order valence-electron chi connectivity index (χ4n) is 3.02. The van der Waals surface area contributed by atoms with Crippen molar-refractivity contribution < 1.29 is 19.0 Å². The highest BCUT2D eigenvalue weighted by Gasteiger charge is 2.28. The van der Waals surface area contributed by atoms with Crippen molar-refractivity contribution in [3.05, 3.63) is 59.7 Å². The molecule has 2 atom stereocenters. The van der Waals surface area contributed by atoms with Crippen molar-refractivity contribution in [1.82, 2.24) is 5.32 Å². The number of fused-ring (bicyclic) bond motifs is 1. The maximum absolute atomic E-state index is 11.6. The van der Waals surface area contributed by atoms with Crippen LogP contribution in [0.1, 0.15) is 18.1 Å². The summed E-state index contributed by atoms with van der Waals surface area (Å²) in [6.07, 6.45) is 9.21. The summed E-state index contributed by atoms with van der Waals surface area (Å²) in [7, 11) is 1.34. The molecule has 0 saturated carbocycles. The zero-order valence-corrected chi connectivity index (χ0v) is 16.4. The van der Waals surface area contributed by atoms with E-state index in [1.165, 1.54) is 18.2 Å². The summed E-state index contributed by atoms with van der Waals surface area (Å²) in [4.78, 5) is 11.6. The summed E-state index contributed by atoms with van der Waals surface area (Å²) in [6, 6.07) is 16.7. The van der Waals surface area contributed by atoms with Crippen molar-refractivity contribution in [2.75, 3.05) is 20.3 Å².